The number of aliphatic hydroxyl groups excluding tert-OH is 1. The summed E-state index contributed by atoms with van der Waals surface area (Å²) in [7, 11) is 0. The molecule has 0 aromatic heterocycles. The van der Waals surface area contributed by atoms with Gasteiger partial charge in [0.2, 0.25) is 0 Å². The molecule has 4 nitrogen and oxygen atoms in total. The van der Waals surface area contributed by atoms with Gasteiger partial charge < -0.3 is 14.7 Å². The molecule has 0 spiro atoms. The first-order valence-electron chi connectivity index (χ1n) is 8.19. The van der Waals surface area contributed by atoms with Gasteiger partial charge in [0.25, 0.3) is 0 Å². The van der Waals surface area contributed by atoms with Gasteiger partial charge in [-0.05, 0) is 51.9 Å². The summed E-state index contributed by atoms with van der Waals surface area (Å²) in [6.45, 7) is 11.0. The van der Waals surface area contributed by atoms with Crippen LogP contribution in [0.3, 0.4) is 0 Å². The second-order valence-corrected chi connectivity index (χ2v) is 8.70. The van der Waals surface area contributed by atoms with Crippen molar-refractivity contribution in [2.75, 3.05) is 13.2 Å². The Balaban J connectivity index is 2.20. The number of hydrogen-bond acceptors (Lipinski definition) is 3. The lowest BCUT2D eigenvalue weighted by molar-refractivity contribution is -0.0832. The SMILES string of the molecule is CC1(C)CCC(C2(CO)CCC2)N(C(=O)OC(C)(C)C)C1. The summed E-state index contributed by atoms with van der Waals surface area (Å²) in [6, 6.07) is 0.124. The Bertz CT molecular complexity index is 388. The molecule has 122 valence electrons. The maximum absolute atomic E-state index is 12.6. The van der Waals surface area contributed by atoms with Gasteiger partial charge in [0.1, 0.15) is 5.60 Å². The first-order valence-corrected chi connectivity index (χ1v) is 8.19. The topological polar surface area (TPSA) is 49.8 Å². The Hall–Kier alpha value is -0.770. The van der Waals surface area contributed by atoms with Crippen LogP contribution in [-0.4, -0.2) is 40.9 Å². The van der Waals surface area contributed by atoms with Crippen molar-refractivity contribution in [2.45, 2.75) is 78.4 Å². The normalized spacial score (nSPS) is 27.9. The van der Waals surface area contributed by atoms with E-state index in [-0.39, 0.29) is 29.6 Å². The van der Waals surface area contributed by atoms with Gasteiger partial charge in [-0.1, -0.05) is 20.3 Å². The number of carbonyl (C=O) groups is 1. The number of nitrogens with zero attached hydrogens (tertiary/aromatic N) is 1. The Labute approximate surface area is 128 Å². The molecule has 0 radical (unpaired) electrons. The van der Waals surface area contributed by atoms with E-state index in [1.54, 1.807) is 0 Å². The third-order valence-electron chi connectivity index (χ3n) is 5.07. The number of piperidine rings is 1. The Kier molecular flexibility index (Phi) is 4.31. The molecule has 1 heterocycles. The minimum Gasteiger partial charge on any atom is -0.444 e. The molecule has 1 unspecified atom stereocenters. The predicted octanol–water partition coefficient (Wildman–Crippen LogP) is 3.57. The number of ether oxygens (including phenoxy) is 1. The molecule has 21 heavy (non-hydrogen) atoms. The molecule has 1 N–H and O–H groups in total. The van der Waals surface area contributed by atoms with E-state index in [1.807, 2.05) is 25.7 Å². The predicted molar refractivity (Wildman–Crippen MR) is 83.1 cm³/mol. The standard InChI is InChI=1S/C17H31NO3/c1-15(2,3)21-14(20)18-11-16(4,5)10-7-13(18)17(12-19)8-6-9-17/h13,19H,6-12H2,1-5H3. The van der Waals surface area contributed by atoms with Crippen molar-refractivity contribution in [3.8, 4) is 0 Å². The summed E-state index contributed by atoms with van der Waals surface area (Å²) in [5.74, 6) is 0. The minimum absolute atomic E-state index is 0.0899. The van der Waals surface area contributed by atoms with Gasteiger partial charge in [0.15, 0.2) is 0 Å². The molecule has 1 saturated carbocycles. The highest BCUT2D eigenvalue weighted by Crippen LogP contribution is 2.50. The summed E-state index contributed by atoms with van der Waals surface area (Å²) in [5, 5.41) is 9.87. The monoisotopic (exact) mass is 297 g/mol. The number of aliphatic hydroxyl groups is 1. The Morgan fingerprint density at radius 1 is 1.29 bits per heavy atom. The van der Waals surface area contributed by atoms with Gasteiger partial charge in [0, 0.05) is 18.0 Å². The fourth-order valence-corrected chi connectivity index (χ4v) is 3.71. The molecule has 0 aromatic carbocycles. The van der Waals surface area contributed by atoms with Gasteiger partial charge in [0.05, 0.1) is 6.61 Å². The number of amides is 1. The molecule has 1 amide bonds. The third-order valence-corrected chi connectivity index (χ3v) is 5.07. The van der Waals surface area contributed by atoms with Crippen molar-refractivity contribution in [3.63, 3.8) is 0 Å². The first-order chi connectivity index (χ1) is 9.59. The second-order valence-electron chi connectivity index (χ2n) is 8.70. The summed E-state index contributed by atoms with van der Waals surface area (Å²) >= 11 is 0. The molecular formula is C17H31NO3. The average Bonchev–Trinajstić information content (AvgIpc) is 2.27. The zero-order chi connectivity index (χ0) is 15.9. The average molecular weight is 297 g/mol. The van der Waals surface area contributed by atoms with Crippen LogP contribution in [0.25, 0.3) is 0 Å². The zero-order valence-corrected chi connectivity index (χ0v) is 14.2. The molecule has 0 aromatic rings. The number of carbonyl (C=O) groups excluding carboxylic acids is 1. The summed E-state index contributed by atoms with van der Waals surface area (Å²) in [6.07, 6.45) is 5.04. The van der Waals surface area contributed by atoms with E-state index in [2.05, 4.69) is 13.8 Å². The van der Waals surface area contributed by atoms with Gasteiger partial charge in [-0.15, -0.1) is 0 Å². The molecule has 1 aliphatic heterocycles. The van der Waals surface area contributed by atoms with Crippen LogP contribution >= 0.6 is 0 Å². The van der Waals surface area contributed by atoms with E-state index in [1.165, 1.54) is 0 Å². The molecule has 1 aliphatic carbocycles. The van der Waals surface area contributed by atoms with Crippen LogP contribution < -0.4 is 0 Å². The molecule has 2 rings (SSSR count). The van der Waals surface area contributed by atoms with Crippen LogP contribution in [-0.2, 0) is 4.74 Å². The van der Waals surface area contributed by atoms with Gasteiger partial charge in [-0.3, -0.25) is 0 Å². The Morgan fingerprint density at radius 3 is 2.33 bits per heavy atom. The van der Waals surface area contributed by atoms with E-state index in [0.717, 1.165) is 32.1 Å². The summed E-state index contributed by atoms with van der Waals surface area (Å²) in [4.78, 5) is 14.5. The largest absolute Gasteiger partial charge is 0.444 e. The van der Waals surface area contributed by atoms with Gasteiger partial charge in [-0.25, -0.2) is 4.79 Å². The molecule has 2 aliphatic rings. The van der Waals surface area contributed by atoms with Gasteiger partial charge >= 0.3 is 6.09 Å². The smallest absolute Gasteiger partial charge is 0.410 e. The van der Waals surface area contributed by atoms with Crippen molar-refractivity contribution < 1.29 is 14.6 Å². The molecule has 0 bridgehead atoms. The maximum Gasteiger partial charge on any atom is 0.410 e. The maximum atomic E-state index is 12.6. The van der Waals surface area contributed by atoms with Crippen LogP contribution in [0, 0.1) is 10.8 Å². The van der Waals surface area contributed by atoms with Crippen LogP contribution in [0.15, 0.2) is 0 Å². The minimum atomic E-state index is -0.477. The van der Waals surface area contributed by atoms with E-state index in [9.17, 15) is 9.90 Å². The molecular weight excluding hydrogens is 266 g/mol. The zero-order valence-electron chi connectivity index (χ0n) is 14.2. The molecule has 4 heteroatoms. The number of hydrogen-bond donors (Lipinski definition) is 1. The lowest BCUT2D eigenvalue weighted by Gasteiger charge is -2.55. The Morgan fingerprint density at radius 2 is 1.90 bits per heavy atom. The number of likely N-dealkylation sites (tertiary alicyclic amines) is 1. The second kappa shape index (κ2) is 5.45. The summed E-state index contributed by atoms with van der Waals surface area (Å²) < 4.78 is 5.61. The van der Waals surface area contributed by atoms with E-state index >= 15 is 0 Å². The fourth-order valence-electron chi connectivity index (χ4n) is 3.71. The first kappa shape index (κ1) is 16.6. The highest BCUT2D eigenvalue weighted by atomic mass is 16.6. The van der Waals surface area contributed by atoms with Crippen molar-refractivity contribution >= 4 is 6.09 Å². The van der Waals surface area contributed by atoms with Crippen LogP contribution in [0.1, 0.15) is 66.7 Å². The van der Waals surface area contributed by atoms with Gasteiger partial charge in [-0.2, -0.15) is 0 Å². The van der Waals surface area contributed by atoms with Crippen LogP contribution in [0.2, 0.25) is 0 Å². The third kappa shape index (κ3) is 3.53. The number of rotatable bonds is 2. The van der Waals surface area contributed by atoms with Crippen molar-refractivity contribution in [1.29, 1.82) is 0 Å². The van der Waals surface area contributed by atoms with E-state index < -0.39 is 5.60 Å². The quantitative estimate of drug-likeness (QED) is 0.847. The molecule has 2 fully saturated rings. The fraction of sp³-hybridized carbons (Fsp3) is 0.941. The van der Waals surface area contributed by atoms with Crippen molar-refractivity contribution in [3.05, 3.63) is 0 Å². The van der Waals surface area contributed by atoms with Crippen molar-refractivity contribution in [1.82, 2.24) is 4.90 Å². The highest BCUT2D eigenvalue weighted by Gasteiger charge is 2.51. The van der Waals surface area contributed by atoms with Crippen LogP contribution in [0.5, 0.6) is 0 Å². The van der Waals surface area contributed by atoms with E-state index in [0.29, 0.717) is 6.54 Å². The lowest BCUT2D eigenvalue weighted by Crippen LogP contribution is -2.60. The lowest BCUT2D eigenvalue weighted by atomic mass is 9.61. The highest BCUT2D eigenvalue weighted by molar-refractivity contribution is 5.69. The van der Waals surface area contributed by atoms with Crippen LogP contribution in [0.4, 0.5) is 4.79 Å². The summed E-state index contributed by atoms with van der Waals surface area (Å²) in [5.41, 5.74) is -0.448. The molecule has 1 atom stereocenters. The van der Waals surface area contributed by atoms with E-state index in [4.69, 9.17) is 4.74 Å². The molecule has 1 saturated heterocycles. The van der Waals surface area contributed by atoms with Crippen molar-refractivity contribution in [2.24, 2.45) is 10.8 Å².